The van der Waals surface area contributed by atoms with Crippen molar-refractivity contribution in [2.45, 2.75) is 18.6 Å². The van der Waals surface area contributed by atoms with Crippen LogP contribution in [0.2, 0.25) is 0 Å². The molecule has 1 fully saturated rings. The Morgan fingerprint density at radius 2 is 1.78 bits per heavy atom. The van der Waals surface area contributed by atoms with E-state index in [2.05, 4.69) is 15.5 Å². The first-order valence-corrected chi connectivity index (χ1v) is 11.5. The number of hydrogen-bond acceptors (Lipinski definition) is 8. The van der Waals surface area contributed by atoms with Crippen molar-refractivity contribution in [3.05, 3.63) is 94.3 Å². The molecule has 190 valence electrons. The van der Waals surface area contributed by atoms with Gasteiger partial charge in [0.15, 0.2) is 0 Å². The van der Waals surface area contributed by atoms with E-state index < -0.39 is 23.0 Å². The van der Waals surface area contributed by atoms with E-state index in [1.807, 2.05) is 24.3 Å². The van der Waals surface area contributed by atoms with E-state index in [0.29, 0.717) is 16.8 Å². The summed E-state index contributed by atoms with van der Waals surface area (Å²) in [7, 11) is 1.39. The van der Waals surface area contributed by atoms with Crippen molar-refractivity contribution >= 4 is 23.2 Å². The summed E-state index contributed by atoms with van der Waals surface area (Å²) in [5, 5.41) is 27.9. The fraction of sp³-hybridized carbons (Fsp3) is 0.231. The highest BCUT2D eigenvalue weighted by molar-refractivity contribution is 6.05. The lowest BCUT2D eigenvalue weighted by molar-refractivity contribution is -0.384. The maximum atomic E-state index is 13.3. The number of aliphatic hydroxyl groups is 1. The zero-order chi connectivity index (χ0) is 26.4. The van der Waals surface area contributed by atoms with Gasteiger partial charge in [0.25, 0.3) is 11.6 Å². The Morgan fingerprint density at radius 1 is 1.14 bits per heavy atom. The van der Waals surface area contributed by atoms with Gasteiger partial charge in [0.1, 0.15) is 13.2 Å². The largest absolute Gasteiger partial charge is 0.399 e. The van der Waals surface area contributed by atoms with Gasteiger partial charge in [-0.1, -0.05) is 17.3 Å². The average Bonchev–Trinajstić information content (AvgIpc) is 3.36. The van der Waals surface area contributed by atoms with E-state index in [-0.39, 0.29) is 31.1 Å². The van der Waals surface area contributed by atoms with Crippen molar-refractivity contribution in [1.29, 1.82) is 0 Å². The molecule has 0 bridgehead atoms. The molecule has 11 nitrogen and oxygen atoms in total. The highest BCUT2D eigenvalue weighted by Gasteiger charge is 2.38. The maximum absolute atomic E-state index is 13.3. The zero-order valence-electron chi connectivity index (χ0n) is 20.0. The van der Waals surface area contributed by atoms with Crippen LogP contribution >= 0.6 is 0 Å². The third kappa shape index (κ3) is 5.96. The number of nitrogens with one attached hydrogen (secondary N) is 1. The third-order valence-electron chi connectivity index (χ3n) is 6.05. The smallest absolute Gasteiger partial charge is 0.269 e. The molecule has 3 aromatic rings. The molecule has 2 atom stereocenters. The Kier molecular flexibility index (Phi) is 7.84. The van der Waals surface area contributed by atoms with Crippen molar-refractivity contribution < 1.29 is 24.5 Å². The quantitative estimate of drug-likeness (QED) is 0.355. The van der Waals surface area contributed by atoms with Crippen molar-refractivity contribution in [2.75, 3.05) is 20.2 Å². The standard InChI is InChI=1S/C26H25N5O6/c1-37-29-21-14-23(25(33)28-15-24(32)19-6-8-22(9-7-19)31(35)36)30(16-21)26(34)20-4-2-17(3-5-20)18-10-12-27-13-11-18/h2-13,23-24,32H,14-16H2,1H3,(H,28,33)/b29-21+/t23-,24+/m0/s1. The minimum absolute atomic E-state index is 0.0983. The predicted molar refractivity (Wildman–Crippen MR) is 135 cm³/mol. The van der Waals surface area contributed by atoms with E-state index in [0.717, 1.165) is 11.1 Å². The molecule has 2 aromatic carbocycles. The van der Waals surface area contributed by atoms with E-state index in [4.69, 9.17) is 4.84 Å². The van der Waals surface area contributed by atoms with Crippen LogP contribution in [0.5, 0.6) is 0 Å². The van der Waals surface area contributed by atoms with E-state index in [9.17, 15) is 24.8 Å². The van der Waals surface area contributed by atoms with Crippen molar-refractivity contribution in [3.63, 3.8) is 0 Å². The number of pyridine rings is 1. The van der Waals surface area contributed by atoms with Gasteiger partial charge in [0.2, 0.25) is 5.91 Å². The summed E-state index contributed by atoms with van der Waals surface area (Å²) in [5.74, 6) is -0.789. The molecule has 2 amide bonds. The van der Waals surface area contributed by atoms with Gasteiger partial charge in [0.05, 0.1) is 23.3 Å². The number of hydrogen-bond donors (Lipinski definition) is 2. The normalized spacial score (nSPS) is 16.9. The Labute approximate surface area is 212 Å². The molecule has 4 rings (SSSR count). The van der Waals surface area contributed by atoms with Gasteiger partial charge in [-0.25, -0.2) is 0 Å². The topological polar surface area (TPSA) is 147 Å². The average molecular weight is 504 g/mol. The zero-order valence-corrected chi connectivity index (χ0v) is 20.0. The first kappa shape index (κ1) is 25.5. The van der Waals surface area contributed by atoms with Crippen LogP contribution < -0.4 is 5.32 Å². The SMILES string of the molecule is CO/N=C1\C[C@@H](C(=O)NC[C@@H](O)c2ccc([N+](=O)[O-])cc2)N(C(=O)c2ccc(-c3ccncc3)cc2)C1. The van der Waals surface area contributed by atoms with Gasteiger partial charge in [0, 0.05) is 43.1 Å². The molecule has 37 heavy (non-hydrogen) atoms. The van der Waals surface area contributed by atoms with Gasteiger partial charge >= 0.3 is 0 Å². The van der Waals surface area contributed by atoms with Gasteiger partial charge in [-0.3, -0.25) is 24.7 Å². The van der Waals surface area contributed by atoms with Crippen LogP contribution in [0.4, 0.5) is 5.69 Å². The van der Waals surface area contributed by atoms with Crippen LogP contribution in [0, 0.1) is 10.1 Å². The number of amides is 2. The molecule has 0 saturated carbocycles. The van der Waals surface area contributed by atoms with E-state index >= 15 is 0 Å². The first-order chi connectivity index (χ1) is 17.9. The number of aliphatic hydroxyl groups excluding tert-OH is 1. The molecule has 0 radical (unpaired) electrons. The Bertz CT molecular complexity index is 1300. The fourth-order valence-corrected chi connectivity index (χ4v) is 4.11. The lowest BCUT2D eigenvalue weighted by Crippen LogP contribution is -2.46. The summed E-state index contributed by atoms with van der Waals surface area (Å²) in [6, 6.07) is 15.4. The van der Waals surface area contributed by atoms with Gasteiger partial charge in [-0.15, -0.1) is 0 Å². The van der Waals surface area contributed by atoms with Gasteiger partial charge < -0.3 is 20.2 Å². The first-order valence-electron chi connectivity index (χ1n) is 11.5. The third-order valence-corrected chi connectivity index (χ3v) is 6.05. The lowest BCUT2D eigenvalue weighted by Gasteiger charge is -2.24. The van der Waals surface area contributed by atoms with Crippen LogP contribution in [0.25, 0.3) is 11.1 Å². The van der Waals surface area contributed by atoms with Crippen LogP contribution in [0.15, 0.2) is 78.2 Å². The number of nitro groups is 1. The van der Waals surface area contributed by atoms with Crippen LogP contribution in [0.3, 0.4) is 0 Å². The molecule has 0 spiro atoms. The molecular formula is C26H25N5O6. The molecule has 0 unspecified atom stereocenters. The molecule has 0 aliphatic carbocycles. The lowest BCUT2D eigenvalue weighted by atomic mass is 10.0. The minimum Gasteiger partial charge on any atom is -0.399 e. The minimum atomic E-state index is -1.08. The summed E-state index contributed by atoms with van der Waals surface area (Å²) in [5.41, 5.74) is 3.17. The maximum Gasteiger partial charge on any atom is 0.269 e. The fourth-order valence-electron chi connectivity index (χ4n) is 4.11. The second kappa shape index (κ2) is 11.4. The summed E-state index contributed by atoms with van der Waals surface area (Å²) >= 11 is 0. The number of nitrogens with zero attached hydrogens (tertiary/aromatic N) is 4. The number of benzene rings is 2. The number of carbonyl (C=O) groups excluding carboxylic acids is 2. The number of aromatic nitrogens is 1. The number of rotatable bonds is 8. The van der Waals surface area contributed by atoms with E-state index in [1.54, 1.807) is 24.5 Å². The molecular weight excluding hydrogens is 478 g/mol. The molecule has 2 N–H and O–H groups in total. The van der Waals surface area contributed by atoms with E-state index in [1.165, 1.54) is 36.3 Å². The molecule has 11 heteroatoms. The summed E-state index contributed by atoms with van der Waals surface area (Å²) in [6.07, 6.45) is 2.49. The Morgan fingerprint density at radius 3 is 2.41 bits per heavy atom. The number of oxime groups is 1. The predicted octanol–water partition coefficient (Wildman–Crippen LogP) is 2.72. The Hall–Kier alpha value is -4.64. The van der Waals surface area contributed by atoms with Gasteiger partial charge in [-0.05, 0) is 53.1 Å². The van der Waals surface area contributed by atoms with Crippen LogP contribution in [-0.4, -0.2) is 63.7 Å². The number of carbonyl (C=O) groups is 2. The monoisotopic (exact) mass is 503 g/mol. The van der Waals surface area contributed by atoms with Crippen LogP contribution in [0.1, 0.15) is 28.4 Å². The second-order valence-electron chi connectivity index (χ2n) is 8.42. The van der Waals surface area contributed by atoms with Crippen LogP contribution in [-0.2, 0) is 9.63 Å². The van der Waals surface area contributed by atoms with Crippen molar-refractivity contribution in [1.82, 2.24) is 15.2 Å². The molecule has 1 aliphatic heterocycles. The number of nitro benzene ring substituents is 1. The Balaban J connectivity index is 1.45. The molecule has 2 heterocycles. The molecule has 1 aromatic heterocycles. The van der Waals surface area contributed by atoms with Crippen molar-refractivity contribution in [2.24, 2.45) is 5.16 Å². The van der Waals surface area contributed by atoms with Gasteiger partial charge in [-0.2, -0.15) is 0 Å². The molecule has 1 saturated heterocycles. The highest BCUT2D eigenvalue weighted by Crippen LogP contribution is 2.23. The second-order valence-corrected chi connectivity index (χ2v) is 8.42. The molecule has 1 aliphatic rings. The summed E-state index contributed by atoms with van der Waals surface area (Å²) in [4.78, 5) is 47.0. The summed E-state index contributed by atoms with van der Waals surface area (Å²) in [6.45, 7) is -0.00562. The highest BCUT2D eigenvalue weighted by atomic mass is 16.6. The summed E-state index contributed by atoms with van der Waals surface area (Å²) < 4.78 is 0. The number of non-ortho nitro benzene ring substituents is 1. The van der Waals surface area contributed by atoms with Crippen molar-refractivity contribution in [3.8, 4) is 11.1 Å². The number of likely N-dealkylation sites (tertiary alicyclic amines) is 1.